The van der Waals surface area contributed by atoms with Crippen LogP contribution in [0.5, 0.6) is 0 Å². The second-order valence-electron chi connectivity index (χ2n) is 4.21. The highest BCUT2D eigenvalue weighted by Gasteiger charge is 2.25. The molecule has 98 valence electrons. The molecule has 0 spiro atoms. The van der Waals surface area contributed by atoms with Crippen LogP contribution in [-0.4, -0.2) is 40.1 Å². The molecule has 0 aromatic carbocycles. The quantitative estimate of drug-likeness (QED) is 0.450. The first-order chi connectivity index (χ1) is 7.73. The molecule has 0 aliphatic carbocycles. The lowest BCUT2D eigenvalue weighted by atomic mass is 10.0. The number of aliphatic hydroxyl groups excluding tert-OH is 1. The molecular weight excluding hydrogens is 228 g/mol. The molecule has 0 heterocycles. The summed E-state index contributed by atoms with van der Waals surface area (Å²) in [6.45, 7) is 3.64. The minimum Gasteiger partial charge on any atom is -0.481 e. The minimum atomic E-state index is -1.30. The van der Waals surface area contributed by atoms with Crippen LogP contribution in [-0.2, 0) is 14.4 Å². The van der Waals surface area contributed by atoms with Gasteiger partial charge in [-0.15, -0.1) is 0 Å². The van der Waals surface area contributed by atoms with E-state index in [1.54, 1.807) is 0 Å². The number of hydrogen-bond acceptors (Lipinski definition) is 4. The Morgan fingerprint density at radius 1 is 1.29 bits per heavy atom. The van der Waals surface area contributed by atoms with Gasteiger partial charge in [-0.1, -0.05) is 13.8 Å². The molecule has 0 aromatic rings. The molecule has 0 fully saturated rings. The lowest BCUT2D eigenvalue weighted by Crippen LogP contribution is -2.49. The summed E-state index contributed by atoms with van der Waals surface area (Å²) >= 11 is 0. The zero-order chi connectivity index (χ0) is 13.6. The zero-order valence-corrected chi connectivity index (χ0v) is 9.84. The maximum Gasteiger partial charge on any atom is 0.305 e. The van der Waals surface area contributed by atoms with Gasteiger partial charge in [-0.3, -0.25) is 14.4 Å². The fraction of sp³-hybridized carbons (Fsp3) is 0.700. The lowest BCUT2D eigenvalue weighted by Gasteiger charge is -2.17. The van der Waals surface area contributed by atoms with Gasteiger partial charge in [-0.25, -0.2) is 0 Å². The Morgan fingerprint density at radius 3 is 2.18 bits per heavy atom. The van der Waals surface area contributed by atoms with E-state index >= 15 is 0 Å². The topological polar surface area (TPSA) is 130 Å². The summed E-state index contributed by atoms with van der Waals surface area (Å²) in [5.41, 5.74) is 4.94. The molecule has 0 unspecified atom stereocenters. The highest BCUT2D eigenvalue weighted by atomic mass is 16.4. The molecule has 0 saturated carbocycles. The Morgan fingerprint density at radius 2 is 1.82 bits per heavy atom. The van der Waals surface area contributed by atoms with E-state index in [2.05, 4.69) is 5.32 Å². The van der Waals surface area contributed by atoms with Crippen LogP contribution in [0.3, 0.4) is 0 Å². The van der Waals surface area contributed by atoms with Gasteiger partial charge in [0.25, 0.3) is 0 Å². The monoisotopic (exact) mass is 246 g/mol. The first-order valence-electron chi connectivity index (χ1n) is 5.23. The van der Waals surface area contributed by atoms with E-state index in [4.69, 9.17) is 10.8 Å². The van der Waals surface area contributed by atoms with E-state index in [1.165, 1.54) is 0 Å². The summed E-state index contributed by atoms with van der Waals surface area (Å²) in [7, 11) is 0. The predicted octanol–water partition coefficient (Wildman–Crippen LogP) is -1.16. The predicted molar refractivity (Wildman–Crippen MR) is 58.8 cm³/mol. The van der Waals surface area contributed by atoms with Crippen LogP contribution >= 0.6 is 0 Å². The summed E-state index contributed by atoms with van der Waals surface area (Å²) in [5.74, 6) is -2.89. The van der Waals surface area contributed by atoms with Crippen LogP contribution in [0.4, 0.5) is 0 Å². The van der Waals surface area contributed by atoms with E-state index in [9.17, 15) is 19.5 Å². The van der Waals surface area contributed by atoms with Crippen LogP contribution in [0, 0.1) is 5.92 Å². The molecule has 0 saturated heterocycles. The molecule has 7 nitrogen and oxygen atoms in total. The largest absolute Gasteiger partial charge is 0.481 e. The van der Waals surface area contributed by atoms with Gasteiger partial charge in [0, 0.05) is 0 Å². The Bertz CT molecular complexity index is 303. The molecular formula is C10H18N2O5. The molecule has 17 heavy (non-hydrogen) atoms. The van der Waals surface area contributed by atoms with E-state index in [-0.39, 0.29) is 12.3 Å². The van der Waals surface area contributed by atoms with Crippen molar-refractivity contribution in [2.24, 2.45) is 11.7 Å². The number of rotatable bonds is 7. The number of aliphatic hydroxyl groups is 1. The number of primary amides is 1. The SMILES string of the molecule is CC(C)C[C@H](O)C(=O)N[C@H](CC(=O)O)C(N)=O. The summed E-state index contributed by atoms with van der Waals surface area (Å²) < 4.78 is 0. The van der Waals surface area contributed by atoms with Crippen molar-refractivity contribution in [2.75, 3.05) is 0 Å². The number of carboxylic acid groups (broad SMARTS) is 1. The summed E-state index contributed by atoms with van der Waals surface area (Å²) in [4.78, 5) is 32.7. The highest BCUT2D eigenvalue weighted by Crippen LogP contribution is 2.05. The molecule has 0 aliphatic heterocycles. The van der Waals surface area contributed by atoms with Gasteiger partial charge in [0.2, 0.25) is 11.8 Å². The molecule has 2 amide bonds. The normalized spacial score (nSPS) is 14.1. The molecule has 0 aromatic heterocycles. The maximum absolute atomic E-state index is 11.4. The van der Waals surface area contributed by atoms with Gasteiger partial charge in [0.15, 0.2) is 0 Å². The van der Waals surface area contributed by atoms with Crippen molar-refractivity contribution < 1.29 is 24.6 Å². The van der Waals surface area contributed by atoms with Crippen LogP contribution in [0.25, 0.3) is 0 Å². The zero-order valence-electron chi connectivity index (χ0n) is 9.84. The minimum absolute atomic E-state index is 0.0993. The Labute approximate surface area is 99.0 Å². The van der Waals surface area contributed by atoms with Crippen molar-refractivity contribution in [2.45, 2.75) is 38.8 Å². The van der Waals surface area contributed by atoms with Crippen molar-refractivity contribution in [3.8, 4) is 0 Å². The Balaban J connectivity index is 4.39. The number of carboxylic acids is 1. The number of nitrogens with one attached hydrogen (secondary N) is 1. The average Bonchev–Trinajstić information content (AvgIpc) is 2.14. The number of hydrogen-bond donors (Lipinski definition) is 4. The van der Waals surface area contributed by atoms with Gasteiger partial charge >= 0.3 is 5.97 Å². The Hall–Kier alpha value is -1.63. The first-order valence-corrected chi connectivity index (χ1v) is 5.23. The van der Waals surface area contributed by atoms with E-state index in [0.717, 1.165) is 0 Å². The third kappa shape index (κ3) is 6.52. The van der Waals surface area contributed by atoms with Gasteiger partial charge in [-0.2, -0.15) is 0 Å². The van der Waals surface area contributed by atoms with Gasteiger partial charge in [0.1, 0.15) is 12.1 Å². The van der Waals surface area contributed by atoms with Crippen LogP contribution in [0.1, 0.15) is 26.7 Å². The lowest BCUT2D eigenvalue weighted by molar-refractivity contribution is -0.141. The van der Waals surface area contributed by atoms with Crippen LogP contribution < -0.4 is 11.1 Å². The third-order valence-corrected chi connectivity index (χ3v) is 2.04. The maximum atomic E-state index is 11.4. The number of amides is 2. The van der Waals surface area contributed by atoms with Crippen molar-refractivity contribution in [1.29, 1.82) is 0 Å². The summed E-state index contributed by atoms with van der Waals surface area (Å²) in [6, 6.07) is -1.30. The molecule has 0 aliphatic rings. The van der Waals surface area contributed by atoms with Crippen molar-refractivity contribution in [3.63, 3.8) is 0 Å². The first kappa shape index (κ1) is 15.4. The number of aliphatic carboxylic acids is 1. The summed E-state index contributed by atoms with van der Waals surface area (Å²) in [5, 5.41) is 20.1. The fourth-order valence-electron chi connectivity index (χ4n) is 1.22. The second kappa shape index (κ2) is 6.85. The van der Waals surface area contributed by atoms with Gasteiger partial charge in [-0.05, 0) is 12.3 Å². The van der Waals surface area contributed by atoms with Crippen LogP contribution in [0.2, 0.25) is 0 Å². The molecule has 5 N–H and O–H groups in total. The Kier molecular flexibility index (Phi) is 6.19. The highest BCUT2D eigenvalue weighted by molar-refractivity contribution is 5.90. The molecule has 2 atom stereocenters. The molecule has 0 bridgehead atoms. The van der Waals surface area contributed by atoms with Crippen molar-refractivity contribution in [3.05, 3.63) is 0 Å². The van der Waals surface area contributed by atoms with Crippen molar-refractivity contribution in [1.82, 2.24) is 5.32 Å². The average molecular weight is 246 g/mol. The molecule has 0 rings (SSSR count). The molecule has 7 heteroatoms. The molecule has 0 radical (unpaired) electrons. The smallest absolute Gasteiger partial charge is 0.305 e. The van der Waals surface area contributed by atoms with Crippen molar-refractivity contribution >= 4 is 17.8 Å². The van der Waals surface area contributed by atoms with E-state index < -0.39 is 36.4 Å². The van der Waals surface area contributed by atoms with Gasteiger partial charge < -0.3 is 21.3 Å². The van der Waals surface area contributed by atoms with Gasteiger partial charge in [0.05, 0.1) is 6.42 Å². The van der Waals surface area contributed by atoms with E-state index in [0.29, 0.717) is 0 Å². The number of carbonyl (C=O) groups excluding carboxylic acids is 2. The standard InChI is InChI=1S/C10H18N2O5/c1-5(2)3-7(13)10(17)12-6(9(11)16)4-8(14)15/h5-7,13H,3-4H2,1-2H3,(H2,11,16)(H,12,17)(H,14,15)/t6-,7+/m1/s1. The fourth-order valence-corrected chi connectivity index (χ4v) is 1.22. The third-order valence-electron chi connectivity index (χ3n) is 2.04. The number of carbonyl (C=O) groups is 3. The van der Waals surface area contributed by atoms with Crippen LogP contribution in [0.15, 0.2) is 0 Å². The van der Waals surface area contributed by atoms with E-state index in [1.807, 2.05) is 13.8 Å². The second-order valence-corrected chi connectivity index (χ2v) is 4.21. The summed E-state index contributed by atoms with van der Waals surface area (Å²) in [6.07, 6.45) is -1.65. The number of nitrogens with two attached hydrogens (primary N) is 1.